The highest BCUT2D eigenvalue weighted by Gasteiger charge is 2.37. The zero-order valence-corrected chi connectivity index (χ0v) is 18.2. The largest absolute Gasteiger partial charge is 0.335 e. The van der Waals surface area contributed by atoms with Gasteiger partial charge < -0.3 is 4.57 Å². The molecule has 0 saturated carbocycles. The van der Waals surface area contributed by atoms with E-state index in [2.05, 4.69) is 5.32 Å². The number of halogens is 2. The normalized spacial score (nSPS) is 15.5. The number of imide groups is 2. The summed E-state index contributed by atoms with van der Waals surface area (Å²) in [6.45, 7) is 3.81. The number of hydrogen-bond acceptors (Lipinski definition) is 3. The predicted molar refractivity (Wildman–Crippen MR) is 121 cm³/mol. The lowest BCUT2D eigenvalue weighted by Crippen LogP contribution is -2.54. The van der Waals surface area contributed by atoms with Crippen molar-refractivity contribution in [2.75, 3.05) is 4.90 Å². The van der Waals surface area contributed by atoms with Crippen LogP contribution in [-0.4, -0.2) is 22.4 Å². The van der Waals surface area contributed by atoms with E-state index in [1.807, 2.05) is 36.6 Å². The number of rotatable bonds is 3. The molecule has 156 valence electrons. The molecular weight excluding hydrogens is 437 g/mol. The minimum Gasteiger partial charge on any atom is -0.318 e. The molecule has 6 nitrogen and oxygen atoms in total. The van der Waals surface area contributed by atoms with Crippen LogP contribution in [0.15, 0.2) is 60.2 Å². The van der Waals surface area contributed by atoms with Crippen LogP contribution in [0.2, 0.25) is 10.0 Å². The van der Waals surface area contributed by atoms with Crippen molar-refractivity contribution >= 4 is 52.8 Å². The fourth-order valence-electron chi connectivity index (χ4n) is 3.58. The maximum absolute atomic E-state index is 13.1. The van der Waals surface area contributed by atoms with E-state index >= 15 is 0 Å². The molecule has 3 aromatic rings. The number of urea groups is 1. The summed E-state index contributed by atoms with van der Waals surface area (Å²) in [5.74, 6) is -1.46. The Labute approximate surface area is 188 Å². The van der Waals surface area contributed by atoms with E-state index in [1.165, 1.54) is 12.1 Å². The number of carbonyl (C=O) groups excluding carboxylic acids is 3. The van der Waals surface area contributed by atoms with Crippen molar-refractivity contribution < 1.29 is 14.4 Å². The molecule has 2 heterocycles. The monoisotopic (exact) mass is 453 g/mol. The van der Waals surface area contributed by atoms with Gasteiger partial charge in [0.2, 0.25) is 0 Å². The highest BCUT2D eigenvalue weighted by atomic mass is 35.5. The number of amides is 4. The molecule has 1 aliphatic rings. The molecule has 31 heavy (non-hydrogen) atoms. The van der Waals surface area contributed by atoms with Gasteiger partial charge in [-0.25, -0.2) is 9.69 Å². The highest BCUT2D eigenvalue weighted by molar-refractivity contribution is 6.39. The molecule has 1 saturated heterocycles. The summed E-state index contributed by atoms with van der Waals surface area (Å²) in [4.78, 5) is 38.8. The Morgan fingerprint density at radius 3 is 2.26 bits per heavy atom. The molecule has 4 amide bonds. The topological polar surface area (TPSA) is 71.4 Å². The van der Waals surface area contributed by atoms with E-state index in [4.69, 9.17) is 23.2 Å². The third-order valence-corrected chi connectivity index (χ3v) is 5.51. The van der Waals surface area contributed by atoms with E-state index in [9.17, 15) is 14.4 Å². The third-order valence-electron chi connectivity index (χ3n) is 5.02. The quantitative estimate of drug-likeness (QED) is 0.444. The van der Waals surface area contributed by atoms with Crippen molar-refractivity contribution in [3.63, 3.8) is 0 Å². The molecule has 0 spiro atoms. The highest BCUT2D eigenvalue weighted by Crippen LogP contribution is 2.27. The summed E-state index contributed by atoms with van der Waals surface area (Å²) >= 11 is 12.0. The smallest absolute Gasteiger partial charge is 0.318 e. The van der Waals surface area contributed by atoms with Crippen molar-refractivity contribution in [2.45, 2.75) is 13.8 Å². The number of benzene rings is 2. The summed E-state index contributed by atoms with van der Waals surface area (Å²) in [7, 11) is 0. The van der Waals surface area contributed by atoms with Gasteiger partial charge in [-0.2, -0.15) is 0 Å². The number of barbiturate groups is 1. The van der Waals surface area contributed by atoms with Crippen molar-refractivity contribution in [3.05, 3.63) is 87.2 Å². The molecule has 0 unspecified atom stereocenters. The van der Waals surface area contributed by atoms with E-state index in [0.29, 0.717) is 15.6 Å². The zero-order chi connectivity index (χ0) is 22.3. The average Bonchev–Trinajstić information content (AvgIpc) is 2.99. The lowest BCUT2D eigenvalue weighted by atomic mass is 10.1. The average molecular weight is 454 g/mol. The van der Waals surface area contributed by atoms with Crippen molar-refractivity contribution in [3.8, 4) is 5.69 Å². The number of nitrogens with zero attached hydrogens (tertiary/aromatic N) is 2. The van der Waals surface area contributed by atoms with Crippen molar-refractivity contribution in [1.29, 1.82) is 0 Å². The number of aryl methyl sites for hydroxylation is 1. The van der Waals surface area contributed by atoms with Gasteiger partial charge in [0.05, 0.1) is 5.69 Å². The summed E-state index contributed by atoms with van der Waals surface area (Å²) in [5.41, 5.74) is 3.47. The molecule has 1 aromatic heterocycles. The second-order valence-electron chi connectivity index (χ2n) is 7.08. The van der Waals surface area contributed by atoms with E-state index in [0.717, 1.165) is 22.0 Å². The van der Waals surface area contributed by atoms with E-state index in [1.54, 1.807) is 30.3 Å². The maximum Gasteiger partial charge on any atom is 0.335 e. The Morgan fingerprint density at radius 2 is 1.58 bits per heavy atom. The second-order valence-corrected chi connectivity index (χ2v) is 7.95. The molecule has 8 heteroatoms. The molecule has 0 radical (unpaired) electrons. The Kier molecular flexibility index (Phi) is 5.43. The van der Waals surface area contributed by atoms with Gasteiger partial charge in [-0.1, -0.05) is 29.3 Å². The number of hydrogen-bond donors (Lipinski definition) is 1. The molecule has 0 aliphatic carbocycles. The molecule has 0 bridgehead atoms. The van der Waals surface area contributed by atoms with Crippen molar-refractivity contribution in [1.82, 2.24) is 9.88 Å². The van der Waals surface area contributed by atoms with Gasteiger partial charge in [0, 0.05) is 27.1 Å². The number of carbonyl (C=O) groups is 3. The van der Waals surface area contributed by atoms with Crippen LogP contribution in [0, 0.1) is 13.8 Å². The fraction of sp³-hybridized carbons (Fsp3) is 0.0870. The number of aromatic nitrogens is 1. The number of nitrogens with one attached hydrogen (secondary N) is 1. The molecule has 0 atom stereocenters. The summed E-state index contributed by atoms with van der Waals surface area (Å²) in [6, 6.07) is 14.7. The summed E-state index contributed by atoms with van der Waals surface area (Å²) in [5, 5.41) is 3.22. The molecule has 1 fully saturated rings. The van der Waals surface area contributed by atoms with E-state index in [-0.39, 0.29) is 11.3 Å². The summed E-state index contributed by atoms with van der Waals surface area (Å²) in [6.07, 6.45) is 1.50. The zero-order valence-electron chi connectivity index (χ0n) is 16.6. The van der Waals surface area contributed by atoms with E-state index < -0.39 is 17.8 Å². The minimum absolute atomic E-state index is 0.143. The Bertz CT molecular complexity index is 1260. The van der Waals surface area contributed by atoms with Gasteiger partial charge in [0.15, 0.2) is 0 Å². The molecule has 2 aromatic carbocycles. The first-order chi connectivity index (χ1) is 14.8. The molecule has 4 rings (SSSR count). The lowest BCUT2D eigenvalue weighted by Gasteiger charge is -2.26. The Hall–Kier alpha value is -3.35. The third kappa shape index (κ3) is 3.87. The Balaban J connectivity index is 1.76. The van der Waals surface area contributed by atoms with Crippen LogP contribution >= 0.6 is 23.2 Å². The van der Waals surface area contributed by atoms with Crippen LogP contribution in [0.3, 0.4) is 0 Å². The maximum atomic E-state index is 13.1. The minimum atomic E-state index is -0.818. The standard InChI is InChI=1S/C23H17Cl2N3O3/c1-13-10-15(14(2)27(13)18-8-6-16(24)7-9-18)11-20-21(29)26-23(31)28(22(20)30)19-5-3-4-17(25)12-19/h3-12H,1-2H3,(H,26,29,31). The SMILES string of the molecule is Cc1cc(C=C2C(=O)NC(=O)N(c3cccc(Cl)c3)C2=O)c(C)n1-c1ccc(Cl)cc1. The van der Waals surface area contributed by atoms with Gasteiger partial charge in [0.1, 0.15) is 5.57 Å². The summed E-state index contributed by atoms with van der Waals surface area (Å²) < 4.78 is 1.99. The second kappa shape index (κ2) is 8.06. The van der Waals surface area contributed by atoms with Gasteiger partial charge in [-0.05, 0) is 74.0 Å². The molecule has 1 N–H and O–H groups in total. The first-order valence-corrected chi connectivity index (χ1v) is 10.1. The van der Waals surface area contributed by atoms with Crippen molar-refractivity contribution in [2.24, 2.45) is 0 Å². The van der Waals surface area contributed by atoms with Gasteiger partial charge in [-0.3, -0.25) is 14.9 Å². The molecule has 1 aliphatic heterocycles. The first-order valence-electron chi connectivity index (χ1n) is 9.38. The van der Waals surface area contributed by atoms with Crippen LogP contribution in [0.1, 0.15) is 17.0 Å². The fourth-order valence-corrected chi connectivity index (χ4v) is 3.89. The van der Waals surface area contributed by atoms with Crippen LogP contribution in [0.4, 0.5) is 10.5 Å². The van der Waals surface area contributed by atoms with Crippen LogP contribution < -0.4 is 10.2 Å². The van der Waals surface area contributed by atoms with Gasteiger partial charge in [-0.15, -0.1) is 0 Å². The van der Waals surface area contributed by atoms with Gasteiger partial charge in [0.25, 0.3) is 11.8 Å². The van der Waals surface area contributed by atoms with Crippen LogP contribution in [-0.2, 0) is 9.59 Å². The Morgan fingerprint density at radius 1 is 0.871 bits per heavy atom. The predicted octanol–water partition coefficient (Wildman–Crippen LogP) is 5.07. The molecular formula is C23H17Cl2N3O3. The van der Waals surface area contributed by atoms with Gasteiger partial charge >= 0.3 is 6.03 Å². The number of anilines is 1. The van der Waals surface area contributed by atoms with Crippen LogP contribution in [0.5, 0.6) is 0 Å². The van der Waals surface area contributed by atoms with Crippen LogP contribution in [0.25, 0.3) is 11.8 Å². The first kappa shape index (κ1) is 20.9. The lowest BCUT2D eigenvalue weighted by molar-refractivity contribution is -0.122.